The number of hydrogen-bond acceptors (Lipinski definition) is 6. The number of carbonyl (C=O) groups is 4. The third-order valence-electron chi connectivity index (χ3n) is 5.83. The molecule has 1 heterocycles. The number of anilines is 4. The number of aromatic nitrogens is 2. The molecule has 0 radical (unpaired) electrons. The molecule has 0 unspecified atom stereocenters. The Bertz CT molecular complexity index is 1660. The van der Waals surface area contributed by atoms with Crippen molar-refractivity contribution in [2.24, 2.45) is 0 Å². The Kier molecular flexibility index (Phi) is 10.3. The number of halogens is 2. The van der Waals surface area contributed by atoms with Gasteiger partial charge in [0.2, 0.25) is 5.91 Å². The molecule has 13 heteroatoms. The second-order valence-corrected chi connectivity index (χ2v) is 10.2. The van der Waals surface area contributed by atoms with Crippen LogP contribution < -0.4 is 21.3 Å². The fraction of sp³-hybridized carbons (Fsp3) is 0.100. The number of carbonyl (C=O) groups excluding carboxylic acids is 4. The standard InChI is InChI=1S/C30H27Cl2N7O4/c1-39(2)15-5-10-25(40)34-19-13-11-18(12-14-19)28(41)35-20-6-3-7-21(16-20)36-30(43)27-24(17-33-38-27)37-29(42)26-22(31)8-4-9-23(26)32/h3-14,16-17H,15H2,1-2H3,(H,33,38)(H,34,40)(H,35,41)(H,36,43)(H,37,42). The molecule has 4 aromatic rings. The molecular formula is C30H27Cl2N7O4. The molecule has 0 spiro atoms. The average Bonchev–Trinajstić information content (AvgIpc) is 3.41. The lowest BCUT2D eigenvalue weighted by molar-refractivity contribution is -0.111. The summed E-state index contributed by atoms with van der Waals surface area (Å²) in [6.07, 6.45) is 4.55. The van der Waals surface area contributed by atoms with Crippen molar-refractivity contribution in [3.8, 4) is 0 Å². The molecule has 0 saturated carbocycles. The summed E-state index contributed by atoms with van der Waals surface area (Å²) >= 11 is 12.2. The molecule has 0 fully saturated rings. The Balaban J connectivity index is 1.36. The zero-order valence-electron chi connectivity index (χ0n) is 23.1. The van der Waals surface area contributed by atoms with Crippen LogP contribution in [0.1, 0.15) is 31.2 Å². The molecule has 5 N–H and O–H groups in total. The molecule has 0 bridgehead atoms. The summed E-state index contributed by atoms with van der Waals surface area (Å²) in [5, 5.41) is 17.6. The van der Waals surface area contributed by atoms with Gasteiger partial charge in [-0.1, -0.05) is 41.4 Å². The zero-order chi connectivity index (χ0) is 30.9. The van der Waals surface area contributed by atoms with Crippen molar-refractivity contribution < 1.29 is 19.2 Å². The number of likely N-dealkylation sites (N-methyl/N-ethyl adjacent to an activating group) is 1. The van der Waals surface area contributed by atoms with Crippen molar-refractivity contribution in [1.29, 1.82) is 0 Å². The molecule has 0 saturated heterocycles. The topological polar surface area (TPSA) is 148 Å². The Morgan fingerprint density at radius 2 is 1.42 bits per heavy atom. The predicted molar refractivity (Wildman–Crippen MR) is 168 cm³/mol. The number of amides is 4. The first-order valence-electron chi connectivity index (χ1n) is 12.8. The van der Waals surface area contributed by atoms with Crippen LogP contribution in [0.5, 0.6) is 0 Å². The summed E-state index contributed by atoms with van der Waals surface area (Å²) in [7, 11) is 3.80. The van der Waals surface area contributed by atoms with Crippen molar-refractivity contribution in [1.82, 2.24) is 15.1 Å². The number of rotatable bonds is 10. The molecular weight excluding hydrogens is 593 g/mol. The van der Waals surface area contributed by atoms with Crippen molar-refractivity contribution >= 4 is 69.6 Å². The quantitative estimate of drug-likeness (QED) is 0.147. The third kappa shape index (κ3) is 8.52. The van der Waals surface area contributed by atoms with E-state index in [4.69, 9.17) is 23.2 Å². The number of nitrogens with zero attached hydrogens (tertiary/aromatic N) is 2. The number of H-pyrrole nitrogens is 1. The van der Waals surface area contributed by atoms with E-state index in [0.29, 0.717) is 29.2 Å². The van der Waals surface area contributed by atoms with E-state index in [1.165, 1.54) is 24.4 Å². The zero-order valence-corrected chi connectivity index (χ0v) is 24.6. The Morgan fingerprint density at radius 3 is 2.07 bits per heavy atom. The van der Waals surface area contributed by atoms with Gasteiger partial charge in [0, 0.05) is 41.4 Å². The smallest absolute Gasteiger partial charge is 0.278 e. The van der Waals surface area contributed by atoms with Crippen LogP contribution in [0.15, 0.2) is 85.1 Å². The minimum Gasteiger partial charge on any atom is -0.323 e. The molecule has 4 rings (SSSR count). The Labute approximate surface area is 257 Å². The van der Waals surface area contributed by atoms with Crippen molar-refractivity contribution in [2.75, 3.05) is 41.9 Å². The summed E-state index contributed by atoms with van der Waals surface area (Å²) in [4.78, 5) is 52.5. The van der Waals surface area contributed by atoms with Gasteiger partial charge in [-0.3, -0.25) is 24.3 Å². The van der Waals surface area contributed by atoms with E-state index in [1.807, 2.05) is 19.0 Å². The van der Waals surface area contributed by atoms with Crippen molar-refractivity contribution in [3.63, 3.8) is 0 Å². The lowest BCUT2D eigenvalue weighted by Gasteiger charge is -2.10. The van der Waals surface area contributed by atoms with Crippen LogP contribution in [0.2, 0.25) is 10.0 Å². The number of aromatic amines is 1. The summed E-state index contributed by atoms with van der Waals surface area (Å²) in [5.41, 5.74) is 1.82. The highest BCUT2D eigenvalue weighted by atomic mass is 35.5. The average molecular weight is 620 g/mol. The monoisotopic (exact) mass is 619 g/mol. The van der Waals surface area contributed by atoms with Crippen LogP contribution in [0.4, 0.5) is 22.7 Å². The lowest BCUT2D eigenvalue weighted by Crippen LogP contribution is -2.18. The highest BCUT2D eigenvalue weighted by molar-refractivity contribution is 6.40. The molecule has 0 atom stereocenters. The van der Waals surface area contributed by atoms with Gasteiger partial charge in [-0.2, -0.15) is 5.10 Å². The maximum atomic E-state index is 13.0. The fourth-order valence-electron chi connectivity index (χ4n) is 3.79. The first kappa shape index (κ1) is 31.0. The van der Waals surface area contributed by atoms with Gasteiger partial charge in [0.15, 0.2) is 5.69 Å². The molecule has 3 aromatic carbocycles. The molecule has 43 heavy (non-hydrogen) atoms. The normalized spacial score (nSPS) is 10.9. The van der Waals surface area contributed by atoms with Crippen LogP contribution in [0.3, 0.4) is 0 Å². The first-order valence-corrected chi connectivity index (χ1v) is 13.6. The van der Waals surface area contributed by atoms with Crippen molar-refractivity contribution in [3.05, 3.63) is 112 Å². The van der Waals surface area contributed by atoms with Gasteiger partial charge in [0.25, 0.3) is 17.7 Å². The molecule has 0 aliphatic carbocycles. The van der Waals surface area contributed by atoms with Gasteiger partial charge in [-0.25, -0.2) is 0 Å². The number of nitrogens with one attached hydrogen (secondary N) is 5. The minimum absolute atomic E-state index is 0.0639. The third-order valence-corrected chi connectivity index (χ3v) is 6.46. The van der Waals surface area contributed by atoms with E-state index in [9.17, 15) is 19.2 Å². The maximum Gasteiger partial charge on any atom is 0.278 e. The van der Waals surface area contributed by atoms with Crippen molar-refractivity contribution in [2.45, 2.75) is 0 Å². The minimum atomic E-state index is -0.612. The highest BCUT2D eigenvalue weighted by Gasteiger charge is 2.20. The molecule has 220 valence electrons. The first-order chi connectivity index (χ1) is 20.6. The van der Waals surface area contributed by atoms with Gasteiger partial charge in [0.1, 0.15) is 0 Å². The maximum absolute atomic E-state index is 13.0. The molecule has 4 amide bonds. The van der Waals surface area contributed by atoms with Gasteiger partial charge < -0.3 is 26.2 Å². The van der Waals surface area contributed by atoms with E-state index in [-0.39, 0.29) is 38.8 Å². The van der Waals surface area contributed by atoms with E-state index in [1.54, 1.807) is 60.7 Å². The van der Waals surface area contributed by atoms with E-state index >= 15 is 0 Å². The second kappa shape index (κ2) is 14.3. The predicted octanol–water partition coefficient (Wildman–Crippen LogP) is 5.53. The van der Waals surface area contributed by atoms with Gasteiger partial charge in [-0.15, -0.1) is 0 Å². The molecule has 11 nitrogen and oxygen atoms in total. The van der Waals surface area contributed by atoms with Crippen LogP contribution >= 0.6 is 23.2 Å². The van der Waals surface area contributed by atoms with Gasteiger partial charge in [0.05, 0.1) is 21.3 Å². The Hall–Kier alpha value is -4.97. The van der Waals surface area contributed by atoms with E-state index in [2.05, 4.69) is 31.5 Å². The Morgan fingerprint density at radius 1 is 0.791 bits per heavy atom. The summed E-state index contributed by atoms with van der Waals surface area (Å²) < 4.78 is 0. The van der Waals surface area contributed by atoms with Crippen LogP contribution in [0, 0.1) is 0 Å². The van der Waals surface area contributed by atoms with Crippen LogP contribution in [-0.4, -0.2) is 59.4 Å². The summed E-state index contributed by atoms with van der Waals surface area (Å²) in [6, 6.07) is 17.6. The van der Waals surface area contributed by atoms with Crippen LogP contribution in [0.25, 0.3) is 0 Å². The fourth-order valence-corrected chi connectivity index (χ4v) is 4.35. The van der Waals surface area contributed by atoms with Gasteiger partial charge >= 0.3 is 0 Å². The SMILES string of the molecule is CN(C)CC=CC(=O)Nc1ccc(C(=O)Nc2cccc(NC(=O)c3n[nH]cc3NC(=O)c3c(Cl)cccc3Cl)c2)cc1. The van der Waals surface area contributed by atoms with E-state index in [0.717, 1.165) is 0 Å². The van der Waals surface area contributed by atoms with Crippen LogP contribution in [-0.2, 0) is 4.79 Å². The molecule has 0 aliphatic rings. The second-order valence-electron chi connectivity index (χ2n) is 9.42. The van der Waals surface area contributed by atoms with E-state index < -0.39 is 11.8 Å². The largest absolute Gasteiger partial charge is 0.323 e. The number of benzene rings is 3. The summed E-state index contributed by atoms with van der Waals surface area (Å²) in [6.45, 7) is 0.639. The molecule has 0 aliphatic heterocycles. The molecule has 1 aromatic heterocycles. The van der Waals surface area contributed by atoms with Gasteiger partial charge in [-0.05, 0) is 68.7 Å². The number of hydrogen-bond donors (Lipinski definition) is 5. The summed E-state index contributed by atoms with van der Waals surface area (Å²) in [5.74, 6) is -1.88. The lowest BCUT2D eigenvalue weighted by atomic mass is 10.2. The highest BCUT2D eigenvalue weighted by Crippen LogP contribution is 2.26.